The lowest BCUT2D eigenvalue weighted by molar-refractivity contribution is -0.120. The molecule has 2 N–H and O–H groups in total. The molecule has 0 aliphatic carbocycles. The van der Waals surface area contributed by atoms with E-state index in [1.165, 1.54) is 7.11 Å². The van der Waals surface area contributed by atoms with Gasteiger partial charge in [-0.2, -0.15) is 0 Å². The molecule has 0 spiro atoms. The van der Waals surface area contributed by atoms with E-state index in [9.17, 15) is 18.4 Å². The predicted octanol–water partition coefficient (Wildman–Crippen LogP) is 1.22. The molecule has 0 aliphatic rings. The number of amides is 2. The van der Waals surface area contributed by atoms with Gasteiger partial charge < -0.3 is 15.4 Å². The predicted molar refractivity (Wildman–Crippen MR) is 71.3 cm³/mol. The summed E-state index contributed by atoms with van der Waals surface area (Å²) in [5.41, 5.74) is -0.724. The van der Waals surface area contributed by atoms with E-state index in [0.717, 1.165) is 12.1 Å². The first kappa shape index (κ1) is 16.5. The van der Waals surface area contributed by atoms with Crippen molar-refractivity contribution in [1.29, 1.82) is 0 Å². The van der Waals surface area contributed by atoms with E-state index in [4.69, 9.17) is 4.74 Å². The molecule has 8 heteroatoms. The van der Waals surface area contributed by atoms with E-state index < -0.39 is 29.0 Å². The second-order valence-electron chi connectivity index (χ2n) is 3.77. The number of carbonyl (C=O) groups excluding carboxylic acids is 2. The number of methoxy groups -OCH3 is 1. The first-order chi connectivity index (χ1) is 9.45. The SMILES string of the molecule is COCCNC(=O)CNC(=O)c1c(F)cc(Br)cc1F. The molecule has 0 saturated heterocycles. The molecule has 0 fully saturated rings. The molecule has 0 saturated carbocycles. The van der Waals surface area contributed by atoms with Gasteiger partial charge in [0.15, 0.2) is 0 Å². The van der Waals surface area contributed by atoms with Gasteiger partial charge in [0.2, 0.25) is 5.91 Å². The highest BCUT2D eigenvalue weighted by Gasteiger charge is 2.18. The highest BCUT2D eigenvalue weighted by molar-refractivity contribution is 9.10. The normalized spacial score (nSPS) is 10.2. The first-order valence-electron chi connectivity index (χ1n) is 5.64. The lowest BCUT2D eigenvalue weighted by Gasteiger charge is -2.08. The van der Waals surface area contributed by atoms with Gasteiger partial charge in [0, 0.05) is 18.1 Å². The lowest BCUT2D eigenvalue weighted by Crippen LogP contribution is -2.38. The summed E-state index contributed by atoms with van der Waals surface area (Å²) in [5, 5.41) is 4.59. The minimum Gasteiger partial charge on any atom is -0.383 e. The number of benzene rings is 1. The third-order valence-electron chi connectivity index (χ3n) is 2.27. The van der Waals surface area contributed by atoms with Gasteiger partial charge in [0.05, 0.1) is 13.2 Å². The van der Waals surface area contributed by atoms with Crippen molar-refractivity contribution in [1.82, 2.24) is 10.6 Å². The van der Waals surface area contributed by atoms with Gasteiger partial charge in [-0.1, -0.05) is 15.9 Å². The molecule has 5 nitrogen and oxygen atoms in total. The van der Waals surface area contributed by atoms with Crippen LogP contribution in [-0.2, 0) is 9.53 Å². The Bertz CT molecular complexity index is 488. The standard InChI is InChI=1S/C12H13BrF2N2O3/c1-20-3-2-16-10(18)6-17-12(19)11-8(14)4-7(13)5-9(11)15/h4-5H,2-3,6H2,1H3,(H,16,18)(H,17,19). The van der Waals surface area contributed by atoms with Crippen molar-refractivity contribution in [2.75, 3.05) is 26.8 Å². The zero-order valence-electron chi connectivity index (χ0n) is 10.6. The van der Waals surface area contributed by atoms with E-state index in [2.05, 4.69) is 26.6 Å². The van der Waals surface area contributed by atoms with Crippen LogP contribution in [0.1, 0.15) is 10.4 Å². The number of hydrogen-bond donors (Lipinski definition) is 2. The lowest BCUT2D eigenvalue weighted by atomic mass is 10.2. The van der Waals surface area contributed by atoms with E-state index in [1.54, 1.807) is 0 Å². The summed E-state index contributed by atoms with van der Waals surface area (Å²) in [6.45, 7) is 0.235. The fraction of sp³-hybridized carbons (Fsp3) is 0.333. The Morgan fingerprint density at radius 3 is 2.40 bits per heavy atom. The Hall–Kier alpha value is -1.54. The molecular formula is C12H13BrF2N2O3. The van der Waals surface area contributed by atoms with Crippen molar-refractivity contribution in [3.63, 3.8) is 0 Å². The number of nitrogens with one attached hydrogen (secondary N) is 2. The molecule has 20 heavy (non-hydrogen) atoms. The second kappa shape index (κ2) is 7.91. The molecule has 1 aromatic carbocycles. The minimum absolute atomic E-state index is 0.182. The summed E-state index contributed by atoms with van der Waals surface area (Å²) in [6, 6.07) is 1.94. The van der Waals surface area contributed by atoms with Crippen LogP contribution in [0.3, 0.4) is 0 Å². The Labute approximate surface area is 122 Å². The topological polar surface area (TPSA) is 67.4 Å². The number of rotatable bonds is 6. The van der Waals surface area contributed by atoms with Crippen molar-refractivity contribution in [3.05, 3.63) is 33.8 Å². The average molecular weight is 351 g/mol. The molecule has 0 unspecified atom stereocenters. The fourth-order valence-corrected chi connectivity index (χ4v) is 1.77. The van der Waals surface area contributed by atoms with Gasteiger partial charge >= 0.3 is 0 Å². The van der Waals surface area contributed by atoms with Crippen LogP contribution in [0.5, 0.6) is 0 Å². The Kier molecular flexibility index (Phi) is 6.53. The maximum absolute atomic E-state index is 13.5. The molecule has 0 heterocycles. The highest BCUT2D eigenvalue weighted by Crippen LogP contribution is 2.19. The van der Waals surface area contributed by atoms with Crippen molar-refractivity contribution in [2.24, 2.45) is 0 Å². The summed E-state index contributed by atoms with van der Waals surface area (Å²) in [4.78, 5) is 22.9. The van der Waals surface area contributed by atoms with E-state index in [-0.39, 0.29) is 17.6 Å². The van der Waals surface area contributed by atoms with Gasteiger partial charge in [-0.3, -0.25) is 9.59 Å². The van der Waals surface area contributed by atoms with Gasteiger partial charge in [0.25, 0.3) is 5.91 Å². The molecule has 110 valence electrons. The van der Waals surface area contributed by atoms with Gasteiger partial charge in [-0.05, 0) is 12.1 Å². The van der Waals surface area contributed by atoms with E-state index in [0.29, 0.717) is 6.61 Å². The third-order valence-corrected chi connectivity index (χ3v) is 2.73. The highest BCUT2D eigenvalue weighted by atomic mass is 79.9. The molecule has 0 aromatic heterocycles. The van der Waals surface area contributed by atoms with Crippen molar-refractivity contribution >= 4 is 27.7 Å². The molecule has 2 amide bonds. The van der Waals surface area contributed by atoms with Crippen LogP contribution in [0.2, 0.25) is 0 Å². The number of ether oxygens (including phenoxy) is 1. The van der Waals surface area contributed by atoms with Crippen LogP contribution in [0, 0.1) is 11.6 Å². The van der Waals surface area contributed by atoms with E-state index in [1.807, 2.05) is 0 Å². The van der Waals surface area contributed by atoms with Crippen LogP contribution < -0.4 is 10.6 Å². The molecular weight excluding hydrogens is 338 g/mol. The van der Waals surface area contributed by atoms with Crippen LogP contribution in [0.25, 0.3) is 0 Å². The smallest absolute Gasteiger partial charge is 0.257 e. The monoisotopic (exact) mass is 350 g/mol. The second-order valence-corrected chi connectivity index (χ2v) is 4.69. The minimum atomic E-state index is -1.01. The zero-order chi connectivity index (χ0) is 15.1. The quantitative estimate of drug-likeness (QED) is 0.758. The number of carbonyl (C=O) groups is 2. The molecule has 0 aliphatic heterocycles. The molecule has 1 rings (SSSR count). The summed E-state index contributed by atoms with van der Waals surface area (Å²) >= 11 is 2.91. The first-order valence-corrected chi connectivity index (χ1v) is 6.43. The van der Waals surface area contributed by atoms with E-state index >= 15 is 0 Å². The van der Waals surface area contributed by atoms with Crippen molar-refractivity contribution in [3.8, 4) is 0 Å². The Morgan fingerprint density at radius 2 is 1.85 bits per heavy atom. The van der Waals surface area contributed by atoms with Crippen molar-refractivity contribution < 1.29 is 23.1 Å². The molecule has 0 bridgehead atoms. The summed E-state index contributed by atoms with van der Waals surface area (Å²) < 4.78 is 31.9. The molecule has 0 atom stereocenters. The van der Waals surface area contributed by atoms with Crippen LogP contribution in [0.15, 0.2) is 16.6 Å². The van der Waals surface area contributed by atoms with Crippen molar-refractivity contribution in [2.45, 2.75) is 0 Å². The number of halogens is 3. The molecule has 1 aromatic rings. The average Bonchev–Trinajstić information content (AvgIpc) is 2.35. The van der Waals surface area contributed by atoms with Crippen LogP contribution in [0.4, 0.5) is 8.78 Å². The zero-order valence-corrected chi connectivity index (χ0v) is 12.2. The fourth-order valence-electron chi connectivity index (χ4n) is 1.36. The maximum Gasteiger partial charge on any atom is 0.257 e. The van der Waals surface area contributed by atoms with Gasteiger partial charge in [0.1, 0.15) is 17.2 Å². The summed E-state index contributed by atoms with van der Waals surface area (Å²) in [6.07, 6.45) is 0. The third kappa shape index (κ3) is 4.86. The maximum atomic E-state index is 13.5. The number of hydrogen-bond acceptors (Lipinski definition) is 3. The van der Waals surface area contributed by atoms with Gasteiger partial charge in [-0.15, -0.1) is 0 Å². The Balaban J connectivity index is 2.57. The van der Waals surface area contributed by atoms with Gasteiger partial charge in [-0.25, -0.2) is 8.78 Å². The van der Waals surface area contributed by atoms with Crippen LogP contribution >= 0.6 is 15.9 Å². The summed E-state index contributed by atoms with van der Waals surface area (Å²) in [5.74, 6) is -3.48. The molecule has 0 radical (unpaired) electrons. The largest absolute Gasteiger partial charge is 0.383 e. The Morgan fingerprint density at radius 1 is 1.25 bits per heavy atom. The van der Waals surface area contributed by atoms with Crippen LogP contribution in [-0.4, -0.2) is 38.6 Å². The summed E-state index contributed by atoms with van der Waals surface area (Å²) in [7, 11) is 1.48.